The molecule has 0 spiro atoms. The second-order valence-electron chi connectivity index (χ2n) is 6.80. The van der Waals surface area contributed by atoms with E-state index in [-0.39, 0.29) is 5.82 Å². The summed E-state index contributed by atoms with van der Waals surface area (Å²) in [5.41, 5.74) is 1.86. The molecule has 0 amide bonds. The van der Waals surface area contributed by atoms with E-state index in [1.807, 2.05) is 18.2 Å². The molecule has 0 saturated carbocycles. The molecule has 0 radical (unpaired) electrons. The Bertz CT molecular complexity index is 974. The molecule has 1 aromatic heterocycles. The molecule has 3 aromatic rings. The Morgan fingerprint density at radius 2 is 1.79 bits per heavy atom. The number of methoxy groups -OCH3 is 2. The van der Waals surface area contributed by atoms with E-state index in [1.165, 1.54) is 12.1 Å². The van der Waals surface area contributed by atoms with Crippen molar-refractivity contribution in [2.75, 3.05) is 45.3 Å². The minimum atomic E-state index is -0.271. The first-order valence-electron chi connectivity index (χ1n) is 9.26. The maximum Gasteiger partial charge on any atom is 0.140 e. The fourth-order valence-corrected chi connectivity index (χ4v) is 3.63. The summed E-state index contributed by atoms with van der Waals surface area (Å²) in [6.45, 7) is 4.17. The zero-order valence-electron chi connectivity index (χ0n) is 16.1. The van der Waals surface area contributed by atoms with Crippen LogP contribution in [0.2, 0.25) is 0 Å². The number of hydrogen-bond acceptors (Lipinski definition) is 6. The molecule has 2 aromatic carbocycles. The summed E-state index contributed by atoms with van der Waals surface area (Å²) in [6, 6.07) is 10.5. The van der Waals surface area contributed by atoms with E-state index in [2.05, 4.69) is 19.8 Å². The van der Waals surface area contributed by atoms with Gasteiger partial charge in [-0.05, 0) is 36.4 Å². The van der Waals surface area contributed by atoms with E-state index in [0.29, 0.717) is 0 Å². The molecule has 7 heteroatoms. The first-order valence-corrected chi connectivity index (χ1v) is 9.26. The molecule has 1 aliphatic heterocycles. The van der Waals surface area contributed by atoms with E-state index in [9.17, 15) is 4.39 Å². The lowest BCUT2D eigenvalue weighted by Gasteiger charge is -2.36. The van der Waals surface area contributed by atoms with Crippen LogP contribution in [0.5, 0.6) is 11.5 Å². The lowest BCUT2D eigenvalue weighted by Crippen LogP contribution is -2.46. The number of rotatable bonds is 5. The normalized spacial score (nSPS) is 15.0. The molecule has 0 unspecified atom stereocenters. The van der Waals surface area contributed by atoms with Crippen LogP contribution < -0.4 is 14.4 Å². The van der Waals surface area contributed by atoms with E-state index >= 15 is 0 Å². The van der Waals surface area contributed by atoms with Crippen LogP contribution in [0, 0.1) is 5.82 Å². The fraction of sp³-hybridized carbons (Fsp3) is 0.333. The second kappa shape index (κ2) is 7.98. The quantitative estimate of drug-likeness (QED) is 0.676. The monoisotopic (exact) mass is 382 g/mol. The van der Waals surface area contributed by atoms with E-state index in [0.717, 1.165) is 66.5 Å². The summed E-state index contributed by atoms with van der Waals surface area (Å²) >= 11 is 0. The van der Waals surface area contributed by atoms with E-state index in [1.54, 1.807) is 26.6 Å². The highest BCUT2D eigenvalue weighted by Gasteiger charge is 2.21. The van der Waals surface area contributed by atoms with Crippen molar-refractivity contribution in [1.82, 2.24) is 14.9 Å². The summed E-state index contributed by atoms with van der Waals surface area (Å²) in [5, 5.41) is 0.755. The highest BCUT2D eigenvalue weighted by Crippen LogP contribution is 2.27. The summed E-state index contributed by atoms with van der Waals surface area (Å²) < 4.78 is 24.5. The van der Waals surface area contributed by atoms with Gasteiger partial charge in [0.2, 0.25) is 0 Å². The zero-order chi connectivity index (χ0) is 19.5. The molecule has 4 rings (SSSR count). The summed E-state index contributed by atoms with van der Waals surface area (Å²) in [6.07, 6.45) is 1.54. The number of piperazine rings is 1. The molecule has 0 aliphatic carbocycles. The average Bonchev–Trinajstić information content (AvgIpc) is 2.74. The minimum Gasteiger partial charge on any atom is -0.497 e. The van der Waals surface area contributed by atoms with Gasteiger partial charge in [-0.3, -0.25) is 4.90 Å². The van der Waals surface area contributed by atoms with Gasteiger partial charge in [-0.1, -0.05) is 0 Å². The van der Waals surface area contributed by atoms with Crippen molar-refractivity contribution < 1.29 is 13.9 Å². The lowest BCUT2D eigenvalue weighted by molar-refractivity contribution is 0.245. The number of benzene rings is 2. The fourth-order valence-electron chi connectivity index (χ4n) is 3.63. The number of nitrogens with zero attached hydrogens (tertiary/aromatic N) is 4. The molecule has 1 fully saturated rings. The summed E-state index contributed by atoms with van der Waals surface area (Å²) in [7, 11) is 3.35. The van der Waals surface area contributed by atoms with Crippen LogP contribution in [-0.4, -0.2) is 55.3 Å². The Hall–Kier alpha value is -2.93. The Kier molecular flexibility index (Phi) is 5.25. The maximum absolute atomic E-state index is 13.7. The molecule has 1 saturated heterocycles. The van der Waals surface area contributed by atoms with Gasteiger partial charge in [-0.25, -0.2) is 14.4 Å². The van der Waals surface area contributed by atoms with Crippen molar-refractivity contribution in [2.45, 2.75) is 6.54 Å². The van der Waals surface area contributed by atoms with Gasteiger partial charge in [0.1, 0.15) is 29.5 Å². The largest absolute Gasteiger partial charge is 0.497 e. The molecule has 1 aliphatic rings. The van der Waals surface area contributed by atoms with Crippen molar-refractivity contribution in [1.29, 1.82) is 0 Å². The van der Waals surface area contributed by atoms with Gasteiger partial charge in [0, 0.05) is 43.7 Å². The standard InChI is InChI=1S/C21H23FN4O2/c1-27-17-4-6-20(28-2)15(11-17)13-25-7-9-26(10-8-25)21-18-12-16(22)3-5-19(18)23-14-24-21/h3-6,11-12,14H,7-10,13H2,1-2H3. The van der Waals surface area contributed by atoms with Gasteiger partial charge in [0.05, 0.1) is 19.7 Å². The number of hydrogen-bond donors (Lipinski definition) is 0. The third-order valence-corrected chi connectivity index (χ3v) is 5.13. The number of fused-ring (bicyclic) bond motifs is 1. The molecule has 0 bridgehead atoms. The van der Waals surface area contributed by atoms with Crippen LogP contribution in [0.3, 0.4) is 0 Å². The van der Waals surface area contributed by atoms with Crippen LogP contribution >= 0.6 is 0 Å². The average molecular weight is 382 g/mol. The molecular formula is C21H23FN4O2. The highest BCUT2D eigenvalue weighted by molar-refractivity contribution is 5.89. The first-order chi connectivity index (χ1) is 13.7. The third kappa shape index (κ3) is 3.71. The second-order valence-corrected chi connectivity index (χ2v) is 6.80. The zero-order valence-corrected chi connectivity index (χ0v) is 16.1. The number of ether oxygens (including phenoxy) is 2. The van der Waals surface area contributed by atoms with Gasteiger partial charge in [0.25, 0.3) is 0 Å². The third-order valence-electron chi connectivity index (χ3n) is 5.13. The van der Waals surface area contributed by atoms with E-state index < -0.39 is 0 Å². The topological polar surface area (TPSA) is 50.7 Å². The minimum absolute atomic E-state index is 0.271. The SMILES string of the molecule is COc1ccc(OC)c(CN2CCN(c3ncnc4ccc(F)cc34)CC2)c1. The highest BCUT2D eigenvalue weighted by atomic mass is 19.1. The van der Waals surface area contributed by atoms with Crippen molar-refractivity contribution in [2.24, 2.45) is 0 Å². The molecule has 0 N–H and O–H groups in total. The molecule has 2 heterocycles. The Morgan fingerprint density at radius 3 is 2.54 bits per heavy atom. The Balaban J connectivity index is 1.48. The summed E-state index contributed by atoms with van der Waals surface area (Å²) in [5.74, 6) is 2.21. The Labute approximate surface area is 163 Å². The smallest absolute Gasteiger partial charge is 0.140 e. The maximum atomic E-state index is 13.7. The van der Waals surface area contributed by atoms with Crippen molar-refractivity contribution in [3.63, 3.8) is 0 Å². The van der Waals surface area contributed by atoms with E-state index in [4.69, 9.17) is 9.47 Å². The van der Waals surface area contributed by atoms with Crippen LogP contribution in [0.4, 0.5) is 10.2 Å². The van der Waals surface area contributed by atoms with Gasteiger partial charge >= 0.3 is 0 Å². The number of aromatic nitrogens is 2. The molecular weight excluding hydrogens is 359 g/mol. The van der Waals surface area contributed by atoms with Crippen LogP contribution in [0.15, 0.2) is 42.7 Å². The molecule has 28 heavy (non-hydrogen) atoms. The number of halogens is 1. The van der Waals surface area contributed by atoms with Gasteiger partial charge < -0.3 is 14.4 Å². The van der Waals surface area contributed by atoms with Crippen LogP contribution in [0.1, 0.15) is 5.56 Å². The molecule has 0 atom stereocenters. The van der Waals surface area contributed by atoms with Crippen LogP contribution in [-0.2, 0) is 6.54 Å². The van der Waals surface area contributed by atoms with Gasteiger partial charge in [-0.15, -0.1) is 0 Å². The van der Waals surface area contributed by atoms with Crippen molar-refractivity contribution in [3.05, 3.63) is 54.1 Å². The first kappa shape index (κ1) is 18.4. The Morgan fingerprint density at radius 1 is 0.964 bits per heavy atom. The number of anilines is 1. The molecule has 146 valence electrons. The van der Waals surface area contributed by atoms with Gasteiger partial charge in [-0.2, -0.15) is 0 Å². The lowest BCUT2D eigenvalue weighted by atomic mass is 10.1. The molecule has 6 nitrogen and oxygen atoms in total. The van der Waals surface area contributed by atoms with Crippen LogP contribution in [0.25, 0.3) is 10.9 Å². The van der Waals surface area contributed by atoms with Gasteiger partial charge in [0.15, 0.2) is 0 Å². The summed E-state index contributed by atoms with van der Waals surface area (Å²) in [4.78, 5) is 13.2. The van der Waals surface area contributed by atoms with Crippen molar-refractivity contribution >= 4 is 16.7 Å². The predicted molar refractivity (Wildman–Crippen MR) is 107 cm³/mol. The van der Waals surface area contributed by atoms with Crippen molar-refractivity contribution in [3.8, 4) is 11.5 Å². The predicted octanol–water partition coefficient (Wildman–Crippen LogP) is 3.11.